The van der Waals surface area contributed by atoms with Crippen molar-refractivity contribution >= 4 is 11.6 Å². The fraction of sp³-hybridized carbons (Fsp3) is 0.300. The van der Waals surface area contributed by atoms with E-state index in [1.54, 1.807) is 24.3 Å². The number of anilines is 1. The number of carbonyl (C=O) groups excluding carboxylic acids is 1. The molecule has 15 heavy (non-hydrogen) atoms. The Morgan fingerprint density at radius 3 is 2.60 bits per heavy atom. The van der Waals surface area contributed by atoms with Gasteiger partial charge in [-0.2, -0.15) is 0 Å². The first kappa shape index (κ1) is 9.89. The van der Waals surface area contributed by atoms with Crippen molar-refractivity contribution < 1.29 is 13.6 Å². The van der Waals surface area contributed by atoms with Gasteiger partial charge in [0.15, 0.2) is 5.66 Å². The summed E-state index contributed by atoms with van der Waals surface area (Å²) in [5.74, 6) is -0.479. The Morgan fingerprint density at radius 2 is 1.93 bits per heavy atom. The fourth-order valence-electron chi connectivity index (χ4n) is 1.51. The Bertz CT molecular complexity index is 408. The van der Waals surface area contributed by atoms with Gasteiger partial charge in [0.1, 0.15) is 0 Å². The SMILES string of the molecule is CC1(C(F)F)NC(=O)c2ccccc2N1. The summed E-state index contributed by atoms with van der Waals surface area (Å²) in [6.07, 6.45) is -2.67. The lowest BCUT2D eigenvalue weighted by molar-refractivity contribution is 0.0465. The molecular formula is C10H10F2N2O. The molecule has 0 radical (unpaired) electrons. The van der Waals surface area contributed by atoms with Crippen LogP contribution in [0.4, 0.5) is 14.5 Å². The monoisotopic (exact) mass is 212 g/mol. The molecule has 0 spiro atoms. The highest BCUT2D eigenvalue weighted by molar-refractivity contribution is 6.02. The van der Waals surface area contributed by atoms with Crippen molar-refractivity contribution in [2.75, 3.05) is 5.32 Å². The minimum Gasteiger partial charge on any atom is -0.358 e. The zero-order valence-electron chi connectivity index (χ0n) is 8.05. The lowest BCUT2D eigenvalue weighted by atomic mass is 10.0. The minimum atomic E-state index is -2.67. The first-order valence-electron chi connectivity index (χ1n) is 4.51. The number of hydrogen-bond donors (Lipinski definition) is 2. The zero-order chi connectivity index (χ0) is 11.1. The Morgan fingerprint density at radius 1 is 1.27 bits per heavy atom. The molecule has 0 bridgehead atoms. The van der Waals surface area contributed by atoms with E-state index in [0.717, 1.165) is 0 Å². The van der Waals surface area contributed by atoms with Gasteiger partial charge < -0.3 is 10.6 Å². The van der Waals surface area contributed by atoms with E-state index in [9.17, 15) is 13.6 Å². The van der Waals surface area contributed by atoms with Crippen LogP contribution >= 0.6 is 0 Å². The minimum absolute atomic E-state index is 0.385. The van der Waals surface area contributed by atoms with E-state index in [-0.39, 0.29) is 0 Å². The van der Waals surface area contributed by atoms with E-state index in [0.29, 0.717) is 11.3 Å². The summed E-state index contributed by atoms with van der Waals surface area (Å²) in [6.45, 7) is 1.26. The second-order valence-electron chi connectivity index (χ2n) is 3.63. The van der Waals surface area contributed by atoms with Crippen LogP contribution in [-0.2, 0) is 0 Å². The van der Waals surface area contributed by atoms with Crippen molar-refractivity contribution in [1.29, 1.82) is 0 Å². The number of amides is 1. The maximum absolute atomic E-state index is 12.7. The lowest BCUT2D eigenvalue weighted by Gasteiger charge is -2.36. The number of benzene rings is 1. The third-order valence-electron chi connectivity index (χ3n) is 2.38. The number of fused-ring (bicyclic) bond motifs is 1. The zero-order valence-corrected chi connectivity index (χ0v) is 8.05. The molecule has 1 aliphatic heterocycles. The van der Waals surface area contributed by atoms with Crippen molar-refractivity contribution in [3.8, 4) is 0 Å². The van der Waals surface area contributed by atoms with E-state index in [4.69, 9.17) is 0 Å². The molecule has 0 fully saturated rings. The van der Waals surface area contributed by atoms with Gasteiger partial charge in [0.05, 0.1) is 5.56 Å². The summed E-state index contributed by atoms with van der Waals surface area (Å²) < 4.78 is 25.4. The molecule has 5 heteroatoms. The molecule has 0 saturated carbocycles. The second kappa shape index (κ2) is 3.18. The third kappa shape index (κ3) is 1.54. The summed E-state index contributed by atoms with van der Waals surface area (Å²) >= 11 is 0. The van der Waals surface area contributed by atoms with Crippen LogP contribution < -0.4 is 10.6 Å². The molecule has 80 valence electrons. The van der Waals surface area contributed by atoms with Crippen molar-refractivity contribution in [3.63, 3.8) is 0 Å². The number of halogens is 2. The molecule has 1 aromatic carbocycles. The molecule has 3 nitrogen and oxygen atoms in total. The van der Waals surface area contributed by atoms with E-state index in [2.05, 4.69) is 10.6 Å². The van der Waals surface area contributed by atoms with Gasteiger partial charge in [0, 0.05) is 5.69 Å². The van der Waals surface area contributed by atoms with E-state index in [1.165, 1.54) is 6.92 Å². The standard InChI is InChI=1S/C10H10F2N2O/c1-10(9(11)12)13-7-5-3-2-4-6(7)8(15)14-10/h2-5,9,13H,1H3,(H,14,15). The van der Waals surface area contributed by atoms with E-state index >= 15 is 0 Å². The largest absolute Gasteiger partial charge is 0.358 e. The highest BCUT2D eigenvalue weighted by Gasteiger charge is 2.40. The average Bonchev–Trinajstić information content (AvgIpc) is 2.17. The number of alkyl halides is 2. The number of para-hydroxylation sites is 1. The molecule has 0 aliphatic carbocycles. The van der Waals surface area contributed by atoms with Crippen molar-refractivity contribution in [1.82, 2.24) is 5.32 Å². The second-order valence-corrected chi connectivity index (χ2v) is 3.63. The highest BCUT2D eigenvalue weighted by atomic mass is 19.3. The Kier molecular flexibility index (Phi) is 2.10. The predicted molar refractivity (Wildman–Crippen MR) is 51.9 cm³/mol. The van der Waals surface area contributed by atoms with Gasteiger partial charge in [-0.15, -0.1) is 0 Å². The van der Waals surface area contributed by atoms with Gasteiger partial charge in [0.25, 0.3) is 12.3 Å². The normalized spacial score (nSPS) is 24.4. The molecule has 2 N–H and O–H groups in total. The average molecular weight is 212 g/mol. The first-order valence-corrected chi connectivity index (χ1v) is 4.51. The first-order chi connectivity index (χ1) is 7.03. The molecule has 1 unspecified atom stereocenters. The van der Waals surface area contributed by atoms with Crippen LogP contribution in [0.3, 0.4) is 0 Å². The molecular weight excluding hydrogens is 202 g/mol. The maximum Gasteiger partial charge on any atom is 0.279 e. The van der Waals surface area contributed by atoms with Gasteiger partial charge in [-0.1, -0.05) is 12.1 Å². The number of nitrogens with one attached hydrogen (secondary N) is 2. The molecule has 0 aromatic heterocycles. The maximum atomic E-state index is 12.7. The Labute approximate surface area is 85.5 Å². The molecule has 2 rings (SSSR count). The van der Waals surface area contributed by atoms with Crippen LogP contribution in [-0.4, -0.2) is 18.0 Å². The van der Waals surface area contributed by atoms with Crippen LogP contribution in [0.1, 0.15) is 17.3 Å². The molecule has 1 aromatic rings. The summed E-state index contributed by atoms with van der Waals surface area (Å²) in [5.41, 5.74) is -0.870. The lowest BCUT2D eigenvalue weighted by Crippen LogP contribution is -2.60. The molecule has 1 heterocycles. The fourth-order valence-corrected chi connectivity index (χ4v) is 1.51. The van der Waals surface area contributed by atoms with Gasteiger partial charge in [0.2, 0.25) is 0 Å². The molecule has 1 aliphatic rings. The number of rotatable bonds is 1. The Balaban J connectivity index is 2.42. The van der Waals surface area contributed by atoms with Crippen LogP contribution in [0.2, 0.25) is 0 Å². The molecule has 1 amide bonds. The summed E-state index contributed by atoms with van der Waals surface area (Å²) in [5, 5.41) is 4.87. The number of carbonyl (C=O) groups is 1. The topological polar surface area (TPSA) is 41.1 Å². The van der Waals surface area contributed by atoms with Crippen LogP contribution in [0.25, 0.3) is 0 Å². The molecule has 0 saturated heterocycles. The van der Waals surface area contributed by atoms with Gasteiger partial charge in [-0.05, 0) is 19.1 Å². The van der Waals surface area contributed by atoms with Gasteiger partial charge in [-0.25, -0.2) is 8.78 Å². The third-order valence-corrected chi connectivity index (χ3v) is 2.38. The predicted octanol–water partition coefficient (Wildman–Crippen LogP) is 1.82. The summed E-state index contributed by atoms with van der Waals surface area (Å²) in [6, 6.07) is 6.57. The van der Waals surface area contributed by atoms with Gasteiger partial charge in [-0.3, -0.25) is 4.79 Å². The Hall–Kier alpha value is -1.65. The van der Waals surface area contributed by atoms with E-state index in [1.807, 2.05) is 0 Å². The smallest absolute Gasteiger partial charge is 0.279 e. The molecule has 1 atom stereocenters. The highest BCUT2D eigenvalue weighted by Crippen LogP contribution is 2.27. The summed E-state index contributed by atoms with van der Waals surface area (Å²) in [7, 11) is 0. The van der Waals surface area contributed by atoms with E-state index < -0.39 is 18.0 Å². The van der Waals surface area contributed by atoms with Crippen molar-refractivity contribution in [2.45, 2.75) is 19.0 Å². The van der Waals surface area contributed by atoms with Crippen LogP contribution in [0, 0.1) is 0 Å². The van der Waals surface area contributed by atoms with Crippen molar-refractivity contribution in [3.05, 3.63) is 29.8 Å². The summed E-state index contributed by atoms with van der Waals surface area (Å²) in [4.78, 5) is 11.5. The number of hydrogen-bond acceptors (Lipinski definition) is 2. The van der Waals surface area contributed by atoms with Crippen molar-refractivity contribution in [2.24, 2.45) is 0 Å². The quantitative estimate of drug-likeness (QED) is 0.745. The van der Waals surface area contributed by atoms with Crippen LogP contribution in [0.5, 0.6) is 0 Å². The van der Waals surface area contributed by atoms with Crippen LogP contribution in [0.15, 0.2) is 24.3 Å². The van der Waals surface area contributed by atoms with Gasteiger partial charge >= 0.3 is 0 Å².